The van der Waals surface area contributed by atoms with Gasteiger partial charge in [0.1, 0.15) is 0 Å². The highest BCUT2D eigenvalue weighted by Gasteiger charge is 2.43. The maximum atomic E-state index is 13.2. The van der Waals surface area contributed by atoms with Crippen molar-refractivity contribution in [3.63, 3.8) is 0 Å². The first-order valence-corrected chi connectivity index (χ1v) is 9.79. The molecule has 2 heterocycles. The van der Waals surface area contributed by atoms with E-state index in [1.165, 1.54) is 0 Å². The van der Waals surface area contributed by atoms with E-state index in [1.54, 1.807) is 0 Å². The van der Waals surface area contributed by atoms with E-state index in [0.717, 1.165) is 37.7 Å². The van der Waals surface area contributed by atoms with Gasteiger partial charge in [0.25, 0.3) is 5.89 Å². The molecule has 1 aromatic heterocycles. The van der Waals surface area contributed by atoms with Crippen molar-refractivity contribution in [1.82, 2.24) is 10.1 Å². The van der Waals surface area contributed by atoms with Crippen LogP contribution in [0, 0.1) is 0 Å². The zero-order valence-electron chi connectivity index (χ0n) is 16.6. The van der Waals surface area contributed by atoms with E-state index < -0.39 is 5.41 Å². The van der Waals surface area contributed by atoms with Gasteiger partial charge in [-0.05, 0) is 30.5 Å². The average Bonchev–Trinajstić information content (AvgIpc) is 3.35. The number of aromatic nitrogens is 2. The number of ether oxygens (including phenoxy) is 3. The lowest BCUT2D eigenvalue weighted by molar-refractivity contribution is -0.154. The first-order valence-electron chi connectivity index (χ1n) is 9.79. The number of fused-ring (bicyclic) bond motifs is 1. The molecular weight excluding hydrogens is 360 g/mol. The zero-order valence-corrected chi connectivity index (χ0v) is 16.6. The van der Waals surface area contributed by atoms with Gasteiger partial charge in [-0.15, -0.1) is 0 Å². The lowest BCUT2D eigenvalue weighted by atomic mass is 9.69. The zero-order chi connectivity index (χ0) is 19.8. The molecule has 1 fully saturated rings. The molecule has 0 amide bonds. The normalized spacial score (nSPS) is 18.1. The summed E-state index contributed by atoms with van der Waals surface area (Å²) in [6.45, 7) is 6.20. The van der Waals surface area contributed by atoms with Crippen molar-refractivity contribution in [2.75, 3.05) is 6.79 Å². The van der Waals surface area contributed by atoms with E-state index in [4.69, 9.17) is 18.7 Å². The van der Waals surface area contributed by atoms with Crippen molar-refractivity contribution in [2.45, 2.75) is 70.3 Å². The van der Waals surface area contributed by atoms with Crippen molar-refractivity contribution < 1.29 is 23.5 Å². The van der Waals surface area contributed by atoms with Gasteiger partial charge in [0.05, 0.1) is 5.41 Å². The molecule has 2 aromatic rings. The van der Waals surface area contributed by atoms with Crippen LogP contribution < -0.4 is 9.47 Å². The van der Waals surface area contributed by atoms with Gasteiger partial charge in [-0.25, -0.2) is 0 Å². The predicted octanol–water partition coefficient (Wildman–Crippen LogP) is 4.04. The Bertz CT molecular complexity index is 862. The number of hydrogen-bond donors (Lipinski definition) is 0. The van der Waals surface area contributed by atoms with Crippen molar-refractivity contribution in [3.8, 4) is 11.5 Å². The number of rotatable bonds is 4. The highest BCUT2D eigenvalue weighted by molar-refractivity contribution is 5.83. The van der Waals surface area contributed by atoms with Crippen molar-refractivity contribution in [1.29, 1.82) is 0 Å². The van der Waals surface area contributed by atoms with Crippen molar-refractivity contribution >= 4 is 5.97 Å². The first kappa shape index (κ1) is 18.8. The number of carbonyl (C=O) groups is 1. The second-order valence-electron chi connectivity index (χ2n) is 8.55. The molecule has 1 saturated carbocycles. The van der Waals surface area contributed by atoms with Crippen LogP contribution >= 0.6 is 0 Å². The standard InChI is InChI=1S/C21H26N2O5/c1-20(2,3)18-22-17(28-23-18)12-25-19(24)21(9-5-4-6-10-21)14-7-8-15-16(11-14)27-13-26-15/h7-8,11H,4-6,9-10,12-13H2,1-3H3. The summed E-state index contributed by atoms with van der Waals surface area (Å²) in [5.41, 5.74) is 0.0250. The van der Waals surface area contributed by atoms with E-state index >= 15 is 0 Å². The fourth-order valence-corrected chi connectivity index (χ4v) is 3.84. The van der Waals surface area contributed by atoms with Crippen LogP contribution in [-0.2, 0) is 27.0 Å². The lowest BCUT2D eigenvalue weighted by Crippen LogP contribution is -2.39. The summed E-state index contributed by atoms with van der Waals surface area (Å²) in [5.74, 6) is 2.06. The molecular formula is C21H26N2O5. The van der Waals surface area contributed by atoms with Crippen LogP contribution in [0.5, 0.6) is 11.5 Å². The Morgan fingerprint density at radius 1 is 1.14 bits per heavy atom. The van der Waals surface area contributed by atoms with Gasteiger partial charge in [0, 0.05) is 5.41 Å². The lowest BCUT2D eigenvalue weighted by Gasteiger charge is -2.35. The van der Waals surface area contributed by atoms with E-state index in [9.17, 15) is 4.79 Å². The molecule has 0 N–H and O–H groups in total. The van der Waals surface area contributed by atoms with Crippen LogP contribution in [-0.4, -0.2) is 22.9 Å². The SMILES string of the molecule is CC(C)(C)c1noc(COC(=O)C2(c3ccc4c(c3)OCO4)CCCCC2)n1. The first-order chi connectivity index (χ1) is 13.4. The Morgan fingerprint density at radius 3 is 2.61 bits per heavy atom. The maximum Gasteiger partial charge on any atom is 0.317 e. The minimum absolute atomic E-state index is 0.0196. The minimum Gasteiger partial charge on any atom is -0.455 e. The van der Waals surface area contributed by atoms with Gasteiger partial charge >= 0.3 is 5.97 Å². The third kappa shape index (κ3) is 3.45. The minimum atomic E-state index is -0.674. The molecule has 1 aliphatic heterocycles. The van der Waals surface area contributed by atoms with Crippen LogP contribution in [0.1, 0.15) is 70.2 Å². The van der Waals surface area contributed by atoms with E-state index in [1.807, 2.05) is 39.0 Å². The molecule has 0 saturated heterocycles. The summed E-state index contributed by atoms with van der Waals surface area (Å²) in [6, 6.07) is 5.73. The molecule has 0 atom stereocenters. The second kappa shape index (κ2) is 7.11. The molecule has 28 heavy (non-hydrogen) atoms. The molecule has 7 nitrogen and oxygen atoms in total. The van der Waals surface area contributed by atoms with Gasteiger partial charge in [0.15, 0.2) is 23.9 Å². The third-order valence-electron chi connectivity index (χ3n) is 5.49. The summed E-state index contributed by atoms with van der Waals surface area (Å²) in [7, 11) is 0. The van der Waals surface area contributed by atoms with Crippen LogP contribution in [0.15, 0.2) is 22.7 Å². The molecule has 7 heteroatoms. The summed E-state index contributed by atoms with van der Waals surface area (Å²) in [5, 5.41) is 3.98. The van der Waals surface area contributed by atoms with Crippen LogP contribution in [0.3, 0.4) is 0 Å². The topological polar surface area (TPSA) is 83.7 Å². The Morgan fingerprint density at radius 2 is 1.89 bits per heavy atom. The summed E-state index contributed by atoms with van der Waals surface area (Å²) >= 11 is 0. The van der Waals surface area contributed by atoms with Crippen LogP contribution in [0.25, 0.3) is 0 Å². The van der Waals surface area contributed by atoms with Gasteiger partial charge in [0.2, 0.25) is 6.79 Å². The summed E-state index contributed by atoms with van der Waals surface area (Å²) in [4.78, 5) is 17.6. The van der Waals surface area contributed by atoms with E-state index in [-0.39, 0.29) is 24.8 Å². The molecule has 2 aliphatic rings. The molecule has 150 valence electrons. The molecule has 1 aliphatic carbocycles. The van der Waals surface area contributed by atoms with Gasteiger partial charge < -0.3 is 18.7 Å². The molecule has 0 spiro atoms. The van der Waals surface area contributed by atoms with Crippen LogP contribution in [0.2, 0.25) is 0 Å². The van der Waals surface area contributed by atoms with E-state index in [0.29, 0.717) is 23.2 Å². The summed E-state index contributed by atoms with van der Waals surface area (Å²) < 4.78 is 21.8. The molecule has 0 radical (unpaired) electrons. The van der Waals surface area contributed by atoms with Gasteiger partial charge in [-0.1, -0.05) is 51.3 Å². The molecule has 1 aromatic carbocycles. The third-order valence-corrected chi connectivity index (χ3v) is 5.49. The molecule has 4 rings (SSSR count). The maximum absolute atomic E-state index is 13.2. The van der Waals surface area contributed by atoms with Gasteiger partial charge in [-0.2, -0.15) is 4.98 Å². The highest BCUT2D eigenvalue weighted by Crippen LogP contribution is 2.44. The quantitative estimate of drug-likeness (QED) is 0.733. The van der Waals surface area contributed by atoms with Crippen molar-refractivity contribution in [2.24, 2.45) is 0 Å². The fraction of sp³-hybridized carbons (Fsp3) is 0.571. The average molecular weight is 386 g/mol. The Kier molecular flexibility index (Phi) is 4.77. The Labute approximate surface area is 164 Å². The largest absolute Gasteiger partial charge is 0.455 e. The number of carbonyl (C=O) groups excluding carboxylic acids is 1. The number of hydrogen-bond acceptors (Lipinski definition) is 7. The number of benzene rings is 1. The Balaban J connectivity index is 1.54. The molecule has 0 bridgehead atoms. The molecule has 0 unspecified atom stereocenters. The van der Waals surface area contributed by atoms with Crippen LogP contribution in [0.4, 0.5) is 0 Å². The summed E-state index contributed by atoms with van der Waals surface area (Å²) in [6.07, 6.45) is 4.60. The predicted molar refractivity (Wildman–Crippen MR) is 100 cm³/mol. The van der Waals surface area contributed by atoms with E-state index in [2.05, 4.69) is 10.1 Å². The number of nitrogens with zero attached hydrogens (tertiary/aromatic N) is 2. The smallest absolute Gasteiger partial charge is 0.317 e. The monoisotopic (exact) mass is 386 g/mol. The highest BCUT2D eigenvalue weighted by atomic mass is 16.7. The van der Waals surface area contributed by atoms with Gasteiger partial charge in [-0.3, -0.25) is 4.79 Å². The second-order valence-corrected chi connectivity index (χ2v) is 8.55. The fourth-order valence-electron chi connectivity index (χ4n) is 3.84. The Hall–Kier alpha value is -2.57. The number of esters is 1. The van der Waals surface area contributed by atoms with Crippen molar-refractivity contribution in [3.05, 3.63) is 35.5 Å².